The summed E-state index contributed by atoms with van der Waals surface area (Å²) in [4.78, 5) is 0. The molecule has 0 heterocycles. The lowest BCUT2D eigenvalue weighted by atomic mass is 9.98. The molecule has 0 aliphatic heterocycles. The third-order valence-electron chi connectivity index (χ3n) is 3.90. The fourth-order valence-electron chi connectivity index (χ4n) is 2.63. The first-order valence-electron chi connectivity index (χ1n) is 7.47. The average Bonchev–Trinajstić information content (AvgIpc) is 2.47. The number of rotatable bonds is 6. The Morgan fingerprint density at radius 3 is 2.65 bits per heavy atom. The van der Waals surface area contributed by atoms with Gasteiger partial charge in [-0.1, -0.05) is 25.3 Å². The van der Waals surface area contributed by atoms with Crippen LogP contribution in [0.1, 0.15) is 50.6 Å². The van der Waals surface area contributed by atoms with E-state index >= 15 is 0 Å². The van der Waals surface area contributed by atoms with Crippen LogP contribution in [0.3, 0.4) is 0 Å². The monoisotopic (exact) mass is 283 g/mol. The topological polar surface area (TPSA) is 21.3 Å². The Morgan fingerprint density at radius 1 is 1.20 bits per heavy atom. The molecule has 1 fully saturated rings. The van der Waals surface area contributed by atoms with Crippen molar-refractivity contribution in [2.24, 2.45) is 0 Å². The van der Waals surface area contributed by atoms with Crippen molar-refractivity contribution in [3.63, 3.8) is 0 Å². The molecule has 1 unspecified atom stereocenters. The molecule has 1 aromatic rings. The zero-order chi connectivity index (χ0) is 14.4. The molecule has 1 N–H and O–H groups in total. The Balaban J connectivity index is 1.69. The molecule has 0 amide bonds. The molecule has 0 radical (unpaired) electrons. The Bertz CT molecular complexity index is 419. The third-order valence-corrected chi connectivity index (χ3v) is 3.90. The summed E-state index contributed by atoms with van der Waals surface area (Å²) in [7, 11) is 0. The molecule has 1 aliphatic rings. The van der Waals surface area contributed by atoms with E-state index < -0.39 is 11.6 Å². The lowest BCUT2D eigenvalue weighted by Crippen LogP contribution is -2.26. The van der Waals surface area contributed by atoms with Crippen molar-refractivity contribution in [2.45, 2.75) is 51.2 Å². The summed E-state index contributed by atoms with van der Waals surface area (Å²) in [6.45, 7) is 3.32. The predicted octanol–water partition coefficient (Wildman–Crippen LogP) is 3.96. The van der Waals surface area contributed by atoms with E-state index in [1.165, 1.54) is 44.2 Å². The third kappa shape index (κ3) is 4.53. The second kappa shape index (κ2) is 7.70. The van der Waals surface area contributed by atoms with E-state index in [-0.39, 0.29) is 6.04 Å². The van der Waals surface area contributed by atoms with Gasteiger partial charge in [0.05, 0.1) is 12.7 Å². The largest absolute Gasteiger partial charge is 0.377 e. The molecule has 2 nitrogen and oxygen atoms in total. The highest BCUT2D eigenvalue weighted by molar-refractivity contribution is 5.20. The van der Waals surface area contributed by atoms with Gasteiger partial charge in [0.15, 0.2) is 11.6 Å². The molecule has 4 heteroatoms. The molecule has 0 saturated heterocycles. The van der Waals surface area contributed by atoms with Gasteiger partial charge in [0.2, 0.25) is 0 Å². The zero-order valence-electron chi connectivity index (χ0n) is 12.0. The van der Waals surface area contributed by atoms with Crippen LogP contribution >= 0.6 is 0 Å². The molecule has 1 aromatic carbocycles. The van der Waals surface area contributed by atoms with E-state index in [1.54, 1.807) is 6.07 Å². The summed E-state index contributed by atoms with van der Waals surface area (Å²) >= 11 is 0. The van der Waals surface area contributed by atoms with Crippen LogP contribution in [0.4, 0.5) is 8.78 Å². The minimum Gasteiger partial charge on any atom is -0.377 e. The lowest BCUT2D eigenvalue weighted by molar-refractivity contribution is 0.0295. The molecule has 2 rings (SSSR count). The minimum atomic E-state index is -0.804. The Labute approximate surface area is 119 Å². The van der Waals surface area contributed by atoms with Crippen LogP contribution in [0.15, 0.2) is 18.2 Å². The molecule has 0 aromatic heterocycles. The van der Waals surface area contributed by atoms with Gasteiger partial charge in [-0.3, -0.25) is 0 Å². The molecule has 112 valence electrons. The van der Waals surface area contributed by atoms with E-state index in [4.69, 9.17) is 4.74 Å². The summed E-state index contributed by atoms with van der Waals surface area (Å²) < 4.78 is 31.8. The molecule has 1 aliphatic carbocycles. The van der Waals surface area contributed by atoms with E-state index in [2.05, 4.69) is 5.32 Å². The first-order chi connectivity index (χ1) is 9.66. The molecule has 0 bridgehead atoms. The van der Waals surface area contributed by atoms with Crippen LogP contribution in [0.5, 0.6) is 0 Å². The van der Waals surface area contributed by atoms with E-state index in [0.717, 1.165) is 12.1 Å². The second-order valence-corrected chi connectivity index (χ2v) is 5.48. The van der Waals surface area contributed by atoms with Gasteiger partial charge in [-0.25, -0.2) is 8.78 Å². The molecular weight excluding hydrogens is 260 g/mol. The first-order valence-corrected chi connectivity index (χ1v) is 7.47. The van der Waals surface area contributed by atoms with Crippen LogP contribution < -0.4 is 5.32 Å². The van der Waals surface area contributed by atoms with Gasteiger partial charge in [-0.15, -0.1) is 0 Å². The lowest BCUT2D eigenvalue weighted by Gasteiger charge is -2.22. The quantitative estimate of drug-likeness (QED) is 0.798. The molecule has 1 atom stereocenters. The average molecular weight is 283 g/mol. The minimum absolute atomic E-state index is 0.0138. The maximum absolute atomic E-state index is 13.1. The number of hydrogen-bond acceptors (Lipinski definition) is 2. The van der Waals surface area contributed by atoms with Crippen molar-refractivity contribution in [2.75, 3.05) is 13.2 Å². The van der Waals surface area contributed by atoms with Gasteiger partial charge in [-0.05, 0) is 37.5 Å². The summed E-state index contributed by atoms with van der Waals surface area (Å²) in [5, 5.41) is 3.27. The Kier molecular flexibility index (Phi) is 5.92. The highest BCUT2D eigenvalue weighted by Crippen LogP contribution is 2.20. The second-order valence-electron chi connectivity index (χ2n) is 5.48. The van der Waals surface area contributed by atoms with Crippen molar-refractivity contribution >= 4 is 0 Å². The van der Waals surface area contributed by atoms with Crippen LogP contribution in [-0.2, 0) is 4.74 Å². The van der Waals surface area contributed by atoms with Gasteiger partial charge in [0, 0.05) is 12.6 Å². The van der Waals surface area contributed by atoms with Gasteiger partial charge >= 0.3 is 0 Å². The number of nitrogens with one attached hydrogen (secondary N) is 1. The van der Waals surface area contributed by atoms with Crippen molar-refractivity contribution in [3.8, 4) is 0 Å². The van der Waals surface area contributed by atoms with Crippen LogP contribution in [0.2, 0.25) is 0 Å². The summed E-state index contributed by atoms with van der Waals surface area (Å²) in [5.41, 5.74) is 0.751. The summed E-state index contributed by atoms with van der Waals surface area (Å²) in [5.74, 6) is -1.60. The van der Waals surface area contributed by atoms with Gasteiger partial charge in [-0.2, -0.15) is 0 Å². The smallest absolute Gasteiger partial charge is 0.159 e. The normalized spacial score (nSPS) is 18.1. The van der Waals surface area contributed by atoms with E-state index in [9.17, 15) is 8.78 Å². The van der Waals surface area contributed by atoms with Gasteiger partial charge < -0.3 is 10.1 Å². The van der Waals surface area contributed by atoms with Crippen LogP contribution in [-0.4, -0.2) is 19.3 Å². The SMILES string of the molecule is CC(NCCOC1CCCCC1)c1ccc(F)c(F)c1. The van der Waals surface area contributed by atoms with Crippen molar-refractivity contribution in [3.05, 3.63) is 35.4 Å². The molecule has 20 heavy (non-hydrogen) atoms. The van der Waals surface area contributed by atoms with Crippen LogP contribution in [0.25, 0.3) is 0 Å². The zero-order valence-corrected chi connectivity index (χ0v) is 12.0. The first kappa shape index (κ1) is 15.4. The summed E-state index contributed by atoms with van der Waals surface area (Å²) in [6.07, 6.45) is 6.60. The van der Waals surface area contributed by atoms with Crippen LogP contribution in [0, 0.1) is 11.6 Å². The number of benzene rings is 1. The summed E-state index contributed by atoms with van der Waals surface area (Å²) in [6, 6.07) is 4.01. The fourth-order valence-corrected chi connectivity index (χ4v) is 2.63. The van der Waals surface area contributed by atoms with E-state index in [1.807, 2.05) is 6.92 Å². The fraction of sp³-hybridized carbons (Fsp3) is 0.625. The maximum Gasteiger partial charge on any atom is 0.159 e. The van der Waals surface area contributed by atoms with E-state index in [0.29, 0.717) is 12.7 Å². The van der Waals surface area contributed by atoms with Crippen molar-refractivity contribution in [1.29, 1.82) is 0 Å². The Morgan fingerprint density at radius 2 is 1.95 bits per heavy atom. The highest BCUT2D eigenvalue weighted by atomic mass is 19.2. The number of halogens is 2. The van der Waals surface area contributed by atoms with Gasteiger partial charge in [0.1, 0.15) is 0 Å². The highest BCUT2D eigenvalue weighted by Gasteiger charge is 2.13. The maximum atomic E-state index is 13.1. The van der Waals surface area contributed by atoms with Crippen molar-refractivity contribution < 1.29 is 13.5 Å². The van der Waals surface area contributed by atoms with Crippen molar-refractivity contribution in [1.82, 2.24) is 5.32 Å². The standard InChI is InChI=1S/C16H23F2NO/c1-12(13-7-8-15(17)16(18)11-13)19-9-10-20-14-5-3-2-4-6-14/h7-8,11-12,14,19H,2-6,9-10H2,1H3. The molecular formula is C16H23F2NO. The number of ether oxygens (including phenoxy) is 1. The Hall–Kier alpha value is -1.00. The molecule has 0 spiro atoms. The van der Waals surface area contributed by atoms with Gasteiger partial charge in [0.25, 0.3) is 0 Å². The number of hydrogen-bond donors (Lipinski definition) is 1. The predicted molar refractivity (Wildman–Crippen MR) is 75.6 cm³/mol. The molecule has 1 saturated carbocycles.